The minimum atomic E-state index is -1.10. The number of hydrogen-bond acceptors (Lipinski definition) is 2. The fraction of sp³-hybridized carbons (Fsp3) is 0.571. The van der Waals surface area contributed by atoms with E-state index in [0.717, 1.165) is 19.4 Å². The predicted molar refractivity (Wildman–Crippen MR) is 74.6 cm³/mol. The average molecular weight is 271 g/mol. The summed E-state index contributed by atoms with van der Waals surface area (Å²) in [6.45, 7) is 7.12. The molecule has 0 radical (unpaired) electrons. The highest BCUT2D eigenvalue weighted by Crippen LogP contribution is 2.16. The second-order valence-electron chi connectivity index (χ2n) is 4.43. The van der Waals surface area contributed by atoms with Gasteiger partial charge in [-0.1, -0.05) is 13.8 Å². The molecular formula is C14H22FNOS. The van der Waals surface area contributed by atoms with Crippen molar-refractivity contribution in [3.8, 4) is 0 Å². The van der Waals surface area contributed by atoms with Gasteiger partial charge in [-0.3, -0.25) is 4.21 Å². The molecule has 0 aliphatic carbocycles. The minimum absolute atomic E-state index is 0.0204. The Kier molecular flexibility index (Phi) is 6.50. The molecule has 0 aromatic heterocycles. The van der Waals surface area contributed by atoms with Gasteiger partial charge in [-0.05, 0) is 50.6 Å². The van der Waals surface area contributed by atoms with E-state index in [2.05, 4.69) is 19.2 Å². The minimum Gasteiger partial charge on any atom is -0.313 e. The molecule has 18 heavy (non-hydrogen) atoms. The molecule has 4 heteroatoms. The van der Waals surface area contributed by atoms with E-state index in [0.29, 0.717) is 4.90 Å². The highest BCUT2D eigenvalue weighted by atomic mass is 32.2. The quantitative estimate of drug-likeness (QED) is 0.825. The Morgan fingerprint density at radius 2 is 1.89 bits per heavy atom. The fourth-order valence-electron chi connectivity index (χ4n) is 1.90. The van der Waals surface area contributed by atoms with Gasteiger partial charge in [-0.2, -0.15) is 0 Å². The van der Waals surface area contributed by atoms with Crippen molar-refractivity contribution >= 4 is 10.8 Å². The molecule has 0 spiro atoms. The van der Waals surface area contributed by atoms with Gasteiger partial charge in [0.2, 0.25) is 0 Å². The summed E-state index contributed by atoms with van der Waals surface area (Å²) in [5.74, 6) is -0.292. The van der Waals surface area contributed by atoms with Crippen LogP contribution < -0.4 is 5.32 Å². The van der Waals surface area contributed by atoms with Gasteiger partial charge >= 0.3 is 0 Å². The van der Waals surface area contributed by atoms with Gasteiger partial charge in [0, 0.05) is 10.9 Å². The van der Waals surface area contributed by atoms with Crippen molar-refractivity contribution in [1.29, 1.82) is 0 Å². The van der Waals surface area contributed by atoms with Crippen LogP contribution in [0, 0.1) is 5.82 Å². The third-order valence-corrected chi connectivity index (χ3v) is 4.79. The molecule has 1 aromatic rings. The highest BCUT2D eigenvalue weighted by Gasteiger charge is 2.21. The zero-order chi connectivity index (χ0) is 13.5. The van der Waals surface area contributed by atoms with Crippen molar-refractivity contribution in [1.82, 2.24) is 5.32 Å². The summed E-state index contributed by atoms with van der Waals surface area (Å²) in [5.41, 5.74) is 0. The standard InChI is InChI=1S/C14H22FNOS/c1-4-10-16-14(5-2)11(3)18(17)13-8-6-12(15)7-9-13/h6-9,11,14,16H,4-5,10H2,1-3H3. The number of benzene rings is 1. The Balaban J connectivity index is 2.72. The van der Waals surface area contributed by atoms with E-state index < -0.39 is 10.8 Å². The zero-order valence-corrected chi connectivity index (χ0v) is 12.1. The monoisotopic (exact) mass is 271 g/mol. The molecule has 0 aliphatic rings. The Morgan fingerprint density at radius 3 is 2.39 bits per heavy atom. The Morgan fingerprint density at radius 1 is 1.28 bits per heavy atom. The molecule has 0 bridgehead atoms. The lowest BCUT2D eigenvalue weighted by molar-refractivity contribution is 0.486. The lowest BCUT2D eigenvalue weighted by Crippen LogP contribution is -2.40. The van der Waals surface area contributed by atoms with Crippen molar-refractivity contribution in [3.05, 3.63) is 30.1 Å². The summed E-state index contributed by atoms with van der Waals surface area (Å²) in [4.78, 5) is 0.695. The molecule has 1 N–H and O–H groups in total. The van der Waals surface area contributed by atoms with E-state index in [1.54, 1.807) is 12.1 Å². The van der Waals surface area contributed by atoms with Crippen LogP contribution in [0.2, 0.25) is 0 Å². The normalized spacial score (nSPS) is 16.2. The summed E-state index contributed by atoms with van der Waals surface area (Å²) in [5, 5.41) is 3.43. The van der Waals surface area contributed by atoms with Crippen molar-refractivity contribution in [3.63, 3.8) is 0 Å². The smallest absolute Gasteiger partial charge is 0.123 e. The van der Waals surface area contributed by atoms with E-state index in [1.807, 2.05) is 6.92 Å². The Labute approximate surface area is 111 Å². The van der Waals surface area contributed by atoms with Crippen LogP contribution in [0.1, 0.15) is 33.6 Å². The molecule has 0 amide bonds. The van der Waals surface area contributed by atoms with E-state index in [4.69, 9.17) is 0 Å². The van der Waals surface area contributed by atoms with Gasteiger partial charge in [0.05, 0.1) is 16.0 Å². The summed E-state index contributed by atoms with van der Waals surface area (Å²) in [6.07, 6.45) is 2.00. The topological polar surface area (TPSA) is 29.1 Å². The molecule has 1 aromatic carbocycles. The van der Waals surface area contributed by atoms with Crippen LogP contribution in [0.4, 0.5) is 4.39 Å². The van der Waals surface area contributed by atoms with Gasteiger partial charge in [0.1, 0.15) is 5.82 Å². The van der Waals surface area contributed by atoms with Crippen LogP contribution in [0.25, 0.3) is 0 Å². The number of rotatable bonds is 7. The summed E-state index contributed by atoms with van der Waals surface area (Å²) < 4.78 is 25.2. The van der Waals surface area contributed by atoms with E-state index in [1.165, 1.54) is 12.1 Å². The molecule has 0 saturated heterocycles. The third kappa shape index (κ3) is 4.18. The number of halogens is 1. The fourth-order valence-corrected chi connectivity index (χ4v) is 3.33. The van der Waals surface area contributed by atoms with Crippen molar-refractivity contribution in [2.75, 3.05) is 6.54 Å². The van der Waals surface area contributed by atoms with E-state index in [9.17, 15) is 8.60 Å². The van der Waals surface area contributed by atoms with Crippen LogP contribution in [0.5, 0.6) is 0 Å². The summed E-state index contributed by atoms with van der Waals surface area (Å²) in [7, 11) is -1.10. The van der Waals surface area contributed by atoms with Crippen molar-refractivity contribution < 1.29 is 8.60 Å². The van der Waals surface area contributed by atoms with Crippen LogP contribution in [-0.2, 0) is 10.8 Å². The molecule has 102 valence electrons. The van der Waals surface area contributed by atoms with Crippen LogP contribution in [-0.4, -0.2) is 22.0 Å². The van der Waals surface area contributed by atoms with Gasteiger partial charge in [-0.25, -0.2) is 4.39 Å². The first kappa shape index (κ1) is 15.3. The molecule has 0 aliphatic heterocycles. The maximum Gasteiger partial charge on any atom is 0.123 e. The largest absolute Gasteiger partial charge is 0.313 e. The average Bonchev–Trinajstić information content (AvgIpc) is 2.39. The lowest BCUT2D eigenvalue weighted by Gasteiger charge is -2.23. The van der Waals surface area contributed by atoms with Crippen molar-refractivity contribution in [2.24, 2.45) is 0 Å². The molecule has 3 unspecified atom stereocenters. The van der Waals surface area contributed by atoms with Gasteiger partial charge in [-0.15, -0.1) is 0 Å². The summed E-state index contributed by atoms with van der Waals surface area (Å²) >= 11 is 0. The molecule has 0 saturated carbocycles. The maximum atomic E-state index is 12.8. The lowest BCUT2D eigenvalue weighted by atomic mass is 10.1. The van der Waals surface area contributed by atoms with E-state index in [-0.39, 0.29) is 17.1 Å². The second-order valence-corrected chi connectivity index (χ2v) is 6.24. The van der Waals surface area contributed by atoms with Gasteiger partial charge in [0.25, 0.3) is 0 Å². The number of hydrogen-bond donors (Lipinski definition) is 1. The molecular weight excluding hydrogens is 249 g/mol. The molecule has 3 atom stereocenters. The second kappa shape index (κ2) is 7.64. The summed E-state index contributed by atoms with van der Waals surface area (Å²) in [6, 6.07) is 6.17. The van der Waals surface area contributed by atoms with Crippen LogP contribution in [0.3, 0.4) is 0 Å². The van der Waals surface area contributed by atoms with E-state index >= 15 is 0 Å². The van der Waals surface area contributed by atoms with Gasteiger partial charge in [0.15, 0.2) is 0 Å². The predicted octanol–water partition coefficient (Wildman–Crippen LogP) is 3.10. The first-order chi connectivity index (χ1) is 8.60. The molecule has 0 heterocycles. The SMILES string of the molecule is CCCNC(CC)C(C)S(=O)c1ccc(F)cc1. The third-order valence-electron chi connectivity index (χ3n) is 3.05. The Hall–Kier alpha value is -0.740. The molecule has 1 rings (SSSR count). The first-order valence-electron chi connectivity index (χ1n) is 6.49. The maximum absolute atomic E-state index is 12.8. The first-order valence-corrected chi connectivity index (χ1v) is 7.71. The van der Waals surface area contributed by atoms with Crippen LogP contribution in [0.15, 0.2) is 29.2 Å². The van der Waals surface area contributed by atoms with Gasteiger partial charge < -0.3 is 5.32 Å². The van der Waals surface area contributed by atoms with Crippen LogP contribution >= 0.6 is 0 Å². The molecule has 0 fully saturated rings. The Bertz CT molecular complexity index is 380. The van der Waals surface area contributed by atoms with Crippen molar-refractivity contribution in [2.45, 2.75) is 49.8 Å². The zero-order valence-electron chi connectivity index (χ0n) is 11.3. The molecule has 2 nitrogen and oxygen atoms in total. The number of nitrogens with one attached hydrogen (secondary N) is 1. The highest BCUT2D eigenvalue weighted by molar-refractivity contribution is 7.85.